The first-order valence-electron chi connectivity index (χ1n) is 8.88. The summed E-state index contributed by atoms with van der Waals surface area (Å²) in [4.78, 5) is 6.96. The van der Waals surface area contributed by atoms with Gasteiger partial charge in [0.15, 0.2) is 5.96 Å². The minimum Gasteiger partial charge on any atom is -0.496 e. The van der Waals surface area contributed by atoms with Gasteiger partial charge in [0.2, 0.25) is 0 Å². The maximum atomic E-state index is 5.79. The number of aliphatic imine (C=N–C) groups is 1. The smallest absolute Gasteiger partial charge is 0.194 e. The van der Waals surface area contributed by atoms with Crippen LogP contribution in [0, 0.1) is 0 Å². The molecule has 1 aromatic rings. The molecule has 1 fully saturated rings. The van der Waals surface area contributed by atoms with Crippen LogP contribution in [0.5, 0.6) is 5.75 Å². The molecular weight excluding hydrogens is 445 g/mol. The van der Waals surface area contributed by atoms with Crippen LogP contribution in [0.25, 0.3) is 0 Å². The standard InChI is InChI=1S/C19H31N3O3.HI/c1-5-20-18(21-15-19(24-4)10-12-25-13-11-19)22(2)14-16-8-6-7-9-17(16)23-3;/h6-9H,5,10-15H2,1-4H3,(H,20,21);1H. The largest absolute Gasteiger partial charge is 0.496 e. The van der Waals surface area contributed by atoms with Crippen molar-refractivity contribution < 1.29 is 14.2 Å². The normalized spacial score (nSPS) is 16.5. The molecule has 2 rings (SSSR count). The average molecular weight is 477 g/mol. The molecule has 0 bridgehead atoms. The summed E-state index contributed by atoms with van der Waals surface area (Å²) in [5.41, 5.74) is 0.912. The summed E-state index contributed by atoms with van der Waals surface area (Å²) in [7, 11) is 5.51. The Labute approximate surface area is 174 Å². The van der Waals surface area contributed by atoms with E-state index in [1.54, 1.807) is 14.2 Å². The fraction of sp³-hybridized carbons (Fsp3) is 0.632. The molecule has 0 aliphatic carbocycles. The SMILES string of the molecule is CCNC(=NCC1(OC)CCOCC1)N(C)Cc1ccccc1OC.I. The summed E-state index contributed by atoms with van der Waals surface area (Å²) in [5, 5.41) is 3.37. The van der Waals surface area contributed by atoms with Gasteiger partial charge in [-0.2, -0.15) is 0 Å². The number of rotatable bonds is 7. The number of nitrogens with zero attached hydrogens (tertiary/aromatic N) is 2. The van der Waals surface area contributed by atoms with Crippen LogP contribution in [-0.2, 0) is 16.0 Å². The predicted molar refractivity (Wildman–Crippen MR) is 116 cm³/mol. The highest BCUT2D eigenvalue weighted by Gasteiger charge is 2.32. The molecule has 26 heavy (non-hydrogen) atoms. The van der Waals surface area contributed by atoms with Crippen molar-refractivity contribution in [3.63, 3.8) is 0 Å². The van der Waals surface area contributed by atoms with Crippen molar-refractivity contribution in [2.75, 3.05) is 47.6 Å². The minimum absolute atomic E-state index is 0. The number of benzene rings is 1. The average Bonchev–Trinajstić information content (AvgIpc) is 2.66. The summed E-state index contributed by atoms with van der Waals surface area (Å²) in [5.74, 6) is 1.76. The van der Waals surface area contributed by atoms with Crippen molar-refractivity contribution in [2.24, 2.45) is 4.99 Å². The highest BCUT2D eigenvalue weighted by Crippen LogP contribution is 2.25. The first kappa shape index (κ1) is 23.0. The Morgan fingerprint density at radius 2 is 1.96 bits per heavy atom. The number of methoxy groups -OCH3 is 2. The van der Waals surface area contributed by atoms with E-state index in [2.05, 4.69) is 23.2 Å². The number of guanidine groups is 1. The topological polar surface area (TPSA) is 55.3 Å². The summed E-state index contributed by atoms with van der Waals surface area (Å²) in [6.07, 6.45) is 1.76. The van der Waals surface area contributed by atoms with Crippen LogP contribution in [0.2, 0.25) is 0 Å². The van der Waals surface area contributed by atoms with Gasteiger partial charge in [-0.25, -0.2) is 0 Å². The van der Waals surface area contributed by atoms with Crippen LogP contribution in [0.3, 0.4) is 0 Å². The monoisotopic (exact) mass is 477 g/mol. The van der Waals surface area contributed by atoms with Gasteiger partial charge in [-0.3, -0.25) is 4.99 Å². The lowest BCUT2D eigenvalue weighted by molar-refractivity contribution is -0.0829. The van der Waals surface area contributed by atoms with E-state index in [-0.39, 0.29) is 29.6 Å². The molecule has 148 valence electrons. The van der Waals surface area contributed by atoms with Crippen LogP contribution >= 0.6 is 24.0 Å². The Morgan fingerprint density at radius 1 is 1.27 bits per heavy atom. The van der Waals surface area contributed by atoms with Crippen molar-refractivity contribution in [2.45, 2.75) is 31.9 Å². The van der Waals surface area contributed by atoms with Crippen molar-refractivity contribution in [3.05, 3.63) is 29.8 Å². The van der Waals surface area contributed by atoms with Crippen molar-refractivity contribution in [3.8, 4) is 5.75 Å². The number of halogens is 1. The molecule has 0 spiro atoms. The van der Waals surface area contributed by atoms with Crippen LogP contribution in [-0.4, -0.2) is 64.0 Å². The number of hydrogen-bond acceptors (Lipinski definition) is 4. The summed E-state index contributed by atoms with van der Waals surface area (Å²) in [6.45, 7) is 5.71. The number of para-hydroxylation sites is 1. The highest BCUT2D eigenvalue weighted by atomic mass is 127. The third kappa shape index (κ3) is 6.28. The zero-order valence-corrected chi connectivity index (χ0v) is 18.6. The second-order valence-electron chi connectivity index (χ2n) is 6.34. The van der Waals surface area contributed by atoms with Gasteiger partial charge >= 0.3 is 0 Å². The zero-order valence-electron chi connectivity index (χ0n) is 16.3. The fourth-order valence-corrected chi connectivity index (χ4v) is 3.02. The molecule has 0 saturated carbocycles. The van der Waals surface area contributed by atoms with Crippen LogP contribution in [0.1, 0.15) is 25.3 Å². The predicted octanol–water partition coefficient (Wildman–Crippen LogP) is 2.91. The molecule has 7 heteroatoms. The van der Waals surface area contributed by atoms with Crippen molar-refractivity contribution in [1.29, 1.82) is 0 Å². The first-order chi connectivity index (χ1) is 12.1. The minimum atomic E-state index is -0.218. The molecule has 1 aromatic carbocycles. The van der Waals surface area contributed by atoms with Gasteiger partial charge in [-0.05, 0) is 13.0 Å². The van der Waals surface area contributed by atoms with Crippen molar-refractivity contribution >= 4 is 29.9 Å². The van der Waals surface area contributed by atoms with E-state index in [1.165, 1.54) is 0 Å². The number of hydrogen-bond donors (Lipinski definition) is 1. The molecule has 1 N–H and O–H groups in total. The number of ether oxygens (including phenoxy) is 3. The molecule has 1 saturated heterocycles. The third-order valence-corrected chi connectivity index (χ3v) is 4.65. The Bertz CT molecular complexity index is 563. The molecule has 1 aliphatic rings. The van der Waals surface area contributed by atoms with E-state index in [0.29, 0.717) is 6.54 Å². The Balaban J connectivity index is 0.00000338. The van der Waals surface area contributed by atoms with Crippen LogP contribution in [0.4, 0.5) is 0 Å². The molecule has 0 aromatic heterocycles. The summed E-state index contributed by atoms with van der Waals surface area (Å²) in [6, 6.07) is 8.07. The van der Waals surface area contributed by atoms with Gasteiger partial charge in [0, 0.05) is 58.9 Å². The van der Waals surface area contributed by atoms with E-state index in [1.807, 2.05) is 25.2 Å². The quantitative estimate of drug-likeness (QED) is 0.372. The molecule has 0 amide bonds. The molecule has 6 nitrogen and oxygen atoms in total. The van der Waals surface area contributed by atoms with Crippen molar-refractivity contribution in [1.82, 2.24) is 10.2 Å². The lowest BCUT2D eigenvalue weighted by atomic mass is 9.94. The van der Waals surface area contributed by atoms with Gasteiger partial charge in [-0.15, -0.1) is 24.0 Å². The molecule has 0 atom stereocenters. The van der Waals surface area contributed by atoms with Gasteiger partial charge in [0.05, 0.1) is 19.3 Å². The number of nitrogens with one attached hydrogen (secondary N) is 1. The van der Waals surface area contributed by atoms with Crippen LogP contribution in [0.15, 0.2) is 29.3 Å². The molecule has 1 heterocycles. The maximum absolute atomic E-state index is 5.79. The van der Waals surface area contributed by atoms with Crippen LogP contribution < -0.4 is 10.1 Å². The summed E-state index contributed by atoms with van der Waals surface area (Å²) >= 11 is 0. The van der Waals surface area contributed by atoms with E-state index >= 15 is 0 Å². The summed E-state index contributed by atoms with van der Waals surface area (Å²) < 4.78 is 16.7. The Hall–Kier alpha value is -1.06. The van der Waals surface area contributed by atoms with E-state index in [4.69, 9.17) is 19.2 Å². The van der Waals surface area contributed by atoms with E-state index in [0.717, 1.165) is 56.4 Å². The van der Waals surface area contributed by atoms with Gasteiger partial charge in [-0.1, -0.05) is 18.2 Å². The van der Waals surface area contributed by atoms with Gasteiger partial charge < -0.3 is 24.4 Å². The highest BCUT2D eigenvalue weighted by molar-refractivity contribution is 14.0. The Kier molecular flexibility index (Phi) is 10.3. The van der Waals surface area contributed by atoms with E-state index < -0.39 is 0 Å². The molecule has 0 unspecified atom stereocenters. The first-order valence-corrected chi connectivity index (χ1v) is 8.88. The molecule has 1 aliphatic heterocycles. The van der Waals surface area contributed by atoms with Gasteiger partial charge in [0.25, 0.3) is 0 Å². The lowest BCUT2D eigenvalue weighted by Crippen LogP contribution is -2.44. The Morgan fingerprint density at radius 3 is 2.58 bits per heavy atom. The maximum Gasteiger partial charge on any atom is 0.194 e. The second-order valence-corrected chi connectivity index (χ2v) is 6.34. The molecule has 0 radical (unpaired) electrons. The zero-order chi connectivity index (χ0) is 18.1. The van der Waals surface area contributed by atoms with E-state index in [9.17, 15) is 0 Å². The fourth-order valence-electron chi connectivity index (χ4n) is 3.02. The second kappa shape index (κ2) is 11.6. The van der Waals surface area contributed by atoms with Gasteiger partial charge in [0.1, 0.15) is 5.75 Å². The molecular formula is C19H32IN3O3. The lowest BCUT2D eigenvalue weighted by Gasteiger charge is -2.35. The third-order valence-electron chi connectivity index (χ3n) is 4.65.